The number of anilines is 1. The molecule has 1 aromatic heterocycles. The van der Waals surface area contributed by atoms with E-state index in [0.29, 0.717) is 30.1 Å². The van der Waals surface area contributed by atoms with Crippen molar-refractivity contribution in [3.63, 3.8) is 0 Å². The summed E-state index contributed by atoms with van der Waals surface area (Å²) in [5.74, 6) is 1.60. The summed E-state index contributed by atoms with van der Waals surface area (Å²) in [7, 11) is 0. The van der Waals surface area contributed by atoms with Crippen molar-refractivity contribution in [2.75, 3.05) is 18.0 Å². The predicted molar refractivity (Wildman–Crippen MR) is 87.2 cm³/mol. The molecule has 6 heteroatoms. The first-order valence-corrected chi connectivity index (χ1v) is 8.67. The van der Waals surface area contributed by atoms with Gasteiger partial charge in [0.15, 0.2) is 5.82 Å². The topological polar surface area (TPSA) is 62.4 Å². The Balaban J connectivity index is 1.40. The van der Waals surface area contributed by atoms with Crippen LogP contribution in [-0.2, 0) is 6.42 Å². The largest absolute Gasteiger partial charge is 0.393 e. The number of rotatable bonds is 3. The molecule has 1 aliphatic carbocycles. The van der Waals surface area contributed by atoms with E-state index >= 15 is 0 Å². The monoisotopic (exact) mass is 331 g/mol. The summed E-state index contributed by atoms with van der Waals surface area (Å²) in [6.45, 7) is 1.82. The molecule has 2 heterocycles. The lowest BCUT2D eigenvalue weighted by atomic mass is 9.74. The lowest BCUT2D eigenvalue weighted by Gasteiger charge is -2.41. The Morgan fingerprint density at radius 1 is 1.17 bits per heavy atom. The van der Waals surface area contributed by atoms with Crippen LogP contribution in [0.1, 0.15) is 37.1 Å². The van der Waals surface area contributed by atoms with Gasteiger partial charge in [0.25, 0.3) is 0 Å². The van der Waals surface area contributed by atoms with E-state index in [9.17, 15) is 9.50 Å². The molecule has 128 valence electrons. The summed E-state index contributed by atoms with van der Waals surface area (Å²) in [5.41, 5.74) is 0.962. The highest BCUT2D eigenvalue weighted by Gasteiger charge is 2.35. The SMILES string of the molecule is OC1CCC2CN(c3nc(Cc4ccc(F)cc4)no3)CCC2C1. The van der Waals surface area contributed by atoms with Crippen molar-refractivity contribution in [3.05, 3.63) is 41.5 Å². The van der Waals surface area contributed by atoms with Crippen LogP contribution in [0.5, 0.6) is 0 Å². The first-order chi connectivity index (χ1) is 11.7. The average molecular weight is 331 g/mol. The molecule has 0 spiro atoms. The van der Waals surface area contributed by atoms with Gasteiger partial charge in [-0.2, -0.15) is 4.98 Å². The highest BCUT2D eigenvalue weighted by Crippen LogP contribution is 2.37. The van der Waals surface area contributed by atoms with Gasteiger partial charge in [-0.25, -0.2) is 4.39 Å². The average Bonchev–Trinajstić information content (AvgIpc) is 3.05. The maximum absolute atomic E-state index is 13.0. The highest BCUT2D eigenvalue weighted by molar-refractivity contribution is 5.28. The highest BCUT2D eigenvalue weighted by atomic mass is 19.1. The van der Waals surface area contributed by atoms with E-state index in [0.717, 1.165) is 44.3 Å². The predicted octanol–water partition coefficient (Wildman–Crippen LogP) is 2.79. The lowest BCUT2D eigenvalue weighted by Crippen LogP contribution is -2.44. The van der Waals surface area contributed by atoms with Crippen molar-refractivity contribution in [2.45, 2.75) is 38.2 Å². The molecule has 2 fully saturated rings. The summed E-state index contributed by atoms with van der Waals surface area (Å²) in [4.78, 5) is 6.68. The third kappa shape index (κ3) is 3.29. The summed E-state index contributed by atoms with van der Waals surface area (Å²) in [6, 6.07) is 6.95. The van der Waals surface area contributed by atoms with Crippen LogP contribution in [0.15, 0.2) is 28.8 Å². The fourth-order valence-corrected chi connectivity index (χ4v) is 4.00. The lowest BCUT2D eigenvalue weighted by molar-refractivity contribution is 0.0591. The zero-order valence-electron chi connectivity index (χ0n) is 13.6. The molecule has 1 saturated heterocycles. The Hall–Kier alpha value is -1.95. The van der Waals surface area contributed by atoms with Gasteiger partial charge in [-0.3, -0.25) is 0 Å². The van der Waals surface area contributed by atoms with Gasteiger partial charge in [0.1, 0.15) is 5.82 Å². The molecule has 2 aromatic rings. The Labute approximate surface area is 140 Å². The van der Waals surface area contributed by atoms with E-state index in [1.165, 1.54) is 12.1 Å². The Morgan fingerprint density at radius 3 is 2.83 bits per heavy atom. The van der Waals surface area contributed by atoms with E-state index in [4.69, 9.17) is 4.52 Å². The fourth-order valence-electron chi connectivity index (χ4n) is 4.00. The van der Waals surface area contributed by atoms with Crippen LogP contribution in [0, 0.1) is 17.7 Å². The molecule has 1 saturated carbocycles. The van der Waals surface area contributed by atoms with Gasteiger partial charge in [0.2, 0.25) is 0 Å². The first-order valence-electron chi connectivity index (χ1n) is 8.67. The van der Waals surface area contributed by atoms with Crippen molar-refractivity contribution in [1.29, 1.82) is 0 Å². The minimum absolute atomic E-state index is 0.122. The Morgan fingerprint density at radius 2 is 2.00 bits per heavy atom. The number of hydrogen-bond donors (Lipinski definition) is 1. The second kappa shape index (κ2) is 6.51. The minimum Gasteiger partial charge on any atom is -0.393 e. The number of halogens is 1. The summed E-state index contributed by atoms with van der Waals surface area (Å²) in [5, 5.41) is 13.9. The number of aliphatic hydroxyl groups is 1. The minimum atomic E-state index is -0.243. The van der Waals surface area contributed by atoms with Crippen molar-refractivity contribution in [2.24, 2.45) is 11.8 Å². The maximum atomic E-state index is 13.0. The van der Waals surface area contributed by atoms with Crippen molar-refractivity contribution >= 4 is 6.01 Å². The molecule has 3 atom stereocenters. The van der Waals surface area contributed by atoms with Gasteiger partial charge in [-0.15, -0.1) is 0 Å². The van der Waals surface area contributed by atoms with E-state index in [-0.39, 0.29) is 11.9 Å². The van der Waals surface area contributed by atoms with E-state index in [1.54, 1.807) is 12.1 Å². The summed E-state index contributed by atoms with van der Waals surface area (Å²) >= 11 is 0. The van der Waals surface area contributed by atoms with Gasteiger partial charge in [-0.05, 0) is 55.2 Å². The van der Waals surface area contributed by atoms with Crippen LogP contribution in [-0.4, -0.2) is 34.4 Å². The van der Waals surface area contributed by atoms with Crippen molar-refractivity contribution < 1.29 is 14.0 Å². The molecular formula is C18H22FN3O2. The Bertz CT molecular complexity index is 688. The molecule has 5 nitrogen and oxygen atoms in total. The number of benzene rings is 1. The normalized spacial score (nSPS) is 27.1. The van der Waals surface area contributed by atoms with E-state index < -0.39 is 0 Å². The fraction of sp³-hybridized carbons (Fsp3) is 0.556. The molecule has 0 radical (unpaired) electrons. The zero-order chi connectivity index (χ0) is 16.5. The van der Waals surface area contributed by atoms with E-state index in [1.807, 2.05) is 0 Å². The van der Waals surface area contributed by atoms with Crippen LogP contribution >= 0.6 is 0 Å². The number of piperidine rings is 1. The molecule has 1 aliphatic heterocycles. The first kappa shape index (κ1) is 15.6. The number of nitrogens with zero attached hydrogens (tertiary/aromatic N) is 3. The number of fused-ring (bicyclic) bond motifs is 1. The Kier molecular flexibility index (Phi) is 4.22. The molecule has 1 N–H and O–H groups in total. The molecule has 4 rings (SSSR count). The molecule has 24 heavy (non-hydrogen) atoms. The smallest absolute Gasteiger partial charge is 0.324 e. The van der Waals surface area contributed by atoms with Gasteiger partial charge in [-0.1, -0.05) is 17.3 Å². The third-order valence-electron chi connectivity index (χ3n) is 5.34. The number of aliphatic hydroxyl groups excluding tert-OH is 1. The standard InChI is InChI=1S/C18H22FN3O2/c19-15-4-1-12(2-5-15)9-17-20-18(24-21-17)22-8-7-13-10-16(23)6-3-14(13)11-22/h1-2,4-5,13-14,16,23H,3,6-11H2. The summed E-state index contributed by atoms with van der Waals surface area (Å²) < 4.78 is 18.4. The van der Waals surface area contributed by atoms with Crippen LogP contribution in [0.2, 0.25) is 0 Å². The van der Waals surface area contributed by atoms with Gasteiger partial charge >= 0.3 is 6.01 Å². The molecule has 0 amide bonds. The molecule has 3 unspecified atom stereocenters. The van der Waals surface area contributed by atoms with Crippen molar-refractivity contribution in [3.8, 4) is 0 Å². The van der Waals surface area contributed by atoms with Crippen LogP contribution < -0.4 is 4.90 Å². The van der Waals surface area contributed by atoms with Crippen LogP contribution in [0.4, 0.5) is 10.4 Å². The maximum Gasteiger partial charge on any atom is 0.324 e. The van der Waals surface area contributed by atoms with Crippen LogP contribution in [0.25, 0.3) is 0 Å². The van der Waals surface area contributed by atoms with Crippen molar-refractivity contribution in [1.82, 2.24) is 10.1 Å². The van der Waals surface area contributed by atoms with Crippen LogP contribution in [0.3, 0.4) is 0 Å². The number of aromatic nitrogens is 2. The van der Waals surface area contributed by atoms with Gasteiger partial charge in [0, 0.05) is 19.5 Å². The molecular weight excluding hydrogens is 309 g/mol. The molecule has 1 aromatic carbocycles. The second-order valence-corrected chi connectivity index (χ2v) is 7.02. The quantitative estimate of drug-likeness (QED) is 0.937. The summed E-state index contributed by atoms with van der Waals surface area (Å²) in [6.07, 6.45) is 4.38. The number of hydrogen-bond acceptors (Lipinski definition) is 5. The molecule has 2 aliphatic rings. The van der Waals surface area contributed by atoms with E-state index in [2.05, 4.69) is 15.0 Å². The third-order valence-corrected chi connectivity index (χ3v) is 5.34. The van der Waals surface area contributed by atoms with Gasteiger partial charge < -0.3 is 14.5 Å². The zero-order valence-corrected chi connectivity index (χ0v) is 13.6. The van der Waals surface area contributed by atoms with Gasteiger partial charge in [0.05, 0.1) is 6.10 Å². The molecule has 0 bridgehead atoms. The second-order valence-electron chi connectivity index (χ2n) is 7.02.